The first-order chi connectivity index (χ1) is 7.01. The molecule has 5 nitrogen and oxygen atoms in total. The van der Waals surface area contributed by atoms with Crippen molar-refractivity contribution >= 4 is 5.97 Å². The van der Waals surface area contributed by atoms with Crippen molar-refractivity contribution in [2.45, 2.75) is 32.7 Å². The second kappa shape index (κ2) is 6.76. The lowest BCUT2D eigenvalue weighted by Crippen LogP contribution is -2.45. The maximum atomic E-state index is 10.4. The Morgan fingerprint density at radius 3 is 2.33 bits per heavy atom. The quantitative estimate of drug-likeness (QED) is 0.452. The highest BCUT2D eigenvalue weighted by Crippen LogP contribution is 2.24. The van der Waals surface area contributed by atoms with Gasteiger partial charge in [-0.15, -0.1) is 0 Å². The molecule has 0 aromatic heterocycles. The van der Waals surface area contributed by atoms with Crippen molar-refractivity contribution in [2.24, 2.45) is 11.1 Å². The topological polar surface area (TPSA) is 95.6 Å². The van der Waals surface area contributed by atoms with Crippen LogP contribution in [0.4, 0.5) is 0 Å². The third-order valence-corrected chi connectivity index (χ3v) is 3.02. The fraction of sp³-hybridized carbons (Fsp3) is 0.900. The van der Waals surface area contributed by atoms with E-state index in [2.05, 4.69) is 5.32 Å². The van der Waals surface area contributed by atoms with Crippen LogP contribution in [0.5, 0.6) is 0 Å². The minimum absolute atomic E-state index is 0.106. The van der Waals surface area contributed by atoms with E-state index < -0.39 is 12.0 Å². The number of aliphatic hydroxyl groups is 1. The third-order valence-electron chi connectivity index (χ3n) is 3.02. The molecule has 0 aliphatic carbocycles. The molecular formula is C10H22N2O3. The molecule has 0 aromatic carbocycles. The van der Waals surface area contributed by atoms with E-state index in [0.717, 1.165) is 12.8 Å². The Balaban J connectivity index is 3.96. The zero-order valence-electron chi connectivity index (χ0n) is 9.49. The first kappa shape index (κ1) is 14.3. The number of carbonyl (C=O) groups is 1. The van der Waals surface area contributed by atoms with Crippen molar-refractivity contribution in [3.8, 4) is 0 Å². The van der Waals surface area contributed by atoms with Crippen LogP contribution in [0, 0.1) is 5.41 Å². The number of carboxylic acids is 1. The van der Waals surface area contributed by atoms with E-state index in [0.29, 0.717) is 6.54 Å². The second-order valence-electron chi connectivity index (χ2n) is 3.94. The SMILES string of the molecule is CCC(CC)(CO)CNCC(N)C(=O)O. The average molecular weight is 218 g/mol. The van der Waals surface area contributed by atoms with E-state index >= 15 is 0 Å². The zero-order chi connectivity index (χ0) is 11.9. The van der Waals surface area contributed by atoms with Gasteiger partial charge in [0.1, 0.15) is 6.04 Å². The molecule has 0 bridgehead atoms. The van der Waals surface area contributed by atoms with E-state index in [4.69, 9.17) is 10.8 Å². The van der Waals surface area contributed by atoms with Crippen LogP contribution >= 0.6 is 0 Å². The molecule has 15 heavy (non-hydrogen) atoms. The molecule has 5 heteroatoms. The number of hydrogen-bond acceptors (Lipinski definition) is 4. The summed E-state index contributed by atoms with van der Waals surface area (Å²) in [5.74, 6) is -1.01. The van der Waals surface area contributed by atoms with Crippen molar-refractivity contribution in [1.29, 1.82) is 0 Å². The Hall–Kier alpha value is -0.650. The molecule has 0 aromatic rings. The number of nitrogens with one attached hydrogen (secondary N) is 1. The van der Waals surface area contributed by atoms with Crippen LogP contribution in [0.2, 0.25) is 0 Å². The number of rotatable bonds is 8. The Bertz CT molecular complexity index is 185. The summed E-state index contributed by atoms with van der Waals surface area (Å²) < 4.78 is 0. The Labute approximate surface area is 90.7 Å². The highest BCUT2D eigenvalue weighted by molar-refractivity contribution is 5.73. The van der Waals surface area contributed by atoms with Gasteiger partial charge in [-0.3, -0.25) is 4.79 Å². The summed E-state index contributed by atoms with van der Waals surface area (Å²) in [6.45, 7) is 4.96. The second-order valence-corrected chi connectivity index (χ2v) is 3.94. The van der Waals surface area contributed by atoms with Crippen LogP contribution < -0.4 is 11.1 Å². The number of aliphatic hydroxyl groups excluding tert-OH is 1. The molecule has 5 N–H and O–H groups in total. The van der Waals surface area contributed by atoms with E-state index in [1.807, 2.05) is 13.8 Å². The zero-order valence-corrected chi connectivity index (χ0v) is 9.49. The highest BCUT2D eigenvalue weighted by atomic mass is 16.4. The molecule has 1 atom stereocenters. The minimum atomic E-state index is -1.01. The van der Waals surface area contributed by atoms with Crippen LogP contribution in [0.1, 0.15) is 26.7 Å². The van der Waals surface area contributed by atoms with Crippen LogP contribution in [0.3, 0.4) is 0 Å². The number of aliphatic carboxylic acids is 1. The molecule has 0 amide bonds. The first-order valence-electron chi connectivity index (χ1n) is 5.31. The molecule has 0 spiro atoms. The van der Waals surface area contributed by atoms with Crippen molar-refractivity contribution in [3.63, 3.8) is 0 Å². The number of hydrogen-bond donors (Lipinski definition) is 4. The highest BCUT2D eigenvalue weighted by Gasteiger charge is 2.25. The lowest BCUT2D eigenvalue weighted by atomic mass is 9.83. The fourth-order valence-electron chi connectivity index (χ4n) is 1.36. The van der Waals surface area contributed by atoms with E-state index in [1.165, 1.54) is 0 Å². The Kier molecular flexibility index (Phi) is 6.47. The van der Waals surface area contributed by atoms with Gasteiger partial charge in [-0.1, -0.05) is 13.8 Å². The van der Waals surface area contributed by atoms with Gasteiger partial charge < -0.3 is 21.3 Å². The molecule has 0 fully saturated rings. The van der Waals surface area contributed by atoms with Gasteiger partial charge in [0.05, 0.1) is 0 Å². The van der Waals surface area contributed by atoms with E-state index in [1.54, 1.807) is 0 Å². The standard InChI is InChI=1S/C10H22N2O3/c1-3-10(4-2,7-13)6-12-5-8(11)9(14)15/h8,12-13H,3-7,11H2,1-2H3,(H,14,15). The predicted octanol–water partition coefficient (Wildman–Crippen LogP) is -0.213. The van der Waals surface area contributed by atoms with Gasteiger partial charge in [0.2, 0.25) is 0 Å². The van der Waals surface area contributed by atoms with Gasteiger partial charge in [-0.05, 0) is 12.8 Å². The van der Waals surface area contributed by atoms with Gasteiger partial charge >= 0.3 is 5.97 Å². The van der Waals surface area contributed by atoms with Gasteiger partial charge in [-0.2, -0.15) is 0 Å². The molecule has 0 heterocycles. The maximum Gasteiger partial charge on any atom is 0.321 e. The van der Waals surface area contributed by atoms with Crippen molar-refractivity contribution < 1.29 is 15.0 Å². The van der Waals surface area contributed by atoms with Crippen LogP contribution in [0.25, 0.3) is 0 Å². The summed E-state index contributed by atoms with van der Waals surface area (Å²) >= 11 is 0. The summed E-state index contributed by atoms with van der Waals surface area (Å²) in [7, 11) is 0. The van der Waals surface area contributed by atoms with E-state index in [-0.39, 0.29) is 18.6 Å². The van der Waals surface area contributed by atoms with Crippen LogP contribution in [-0.4, -0.2) is 41.9 Å². The summed E-state index contributed by atoms with van der Waals surface area (Å²) in [6, 6.07) is -0.880. The van der Waals surface area contributed by atoms with Crippen LogP contribution in [-0.2, 0) is 4.79 Å². The average Bonchev–Trinajstić information content (AvgIpc) is 2.24. The molecule has 0 aliphatic rings. The monoisotopic (exact) mass is 218 g/mol. The van der Waals surface area contributed by atoms with Gasteiger partial charge in [0.25, 0.3) is 0 Å². The summed E-state index contributed by atoms with van der Waals surface area (Å²) in [5.41, 5.74) is 5.19. The molecule has 0 saturated heterocycles. The largest absolute Gasteiger partial charge is 0.480 e. The molecule has 0 rings (SSSR count). The molecule has 90 valence electrons. The Morgan fingerprint density at radius 2 is 2.00 bits per heavy atom. The van der Waals surface area contributed by atoms with Gasteiger partial charge in [0.15, 0.2) is 0 Å². The van der Waals surface area contributed by atoms with E-state index in [9.17, 15) is 9.90 Å². The normalized spacial score (nSPS) is 13.9. The molecular weight excluding hydrogens is 196 g/mol. The molecule has 0 saturated carbocycles. The number of nitrogens with two attached hydrogens (primary N) is 1. The maximum absolute atomic E-state index is 10.4. The smallest absolute Gasteiger partial charge is 0.321 e. The summed E-state index contributed by atoms with van der Waals surface area (Å²) in [4.78, 5) is 10.4. The summed E-state index contributed by atoms with van der Waals surface area (Å²) in [6.07, 6.45) is 1.71. The van der Waals surface area contributed by atoms with Crippen molar-refractivity contribution in [3.05, 3.63) is 0 Å². The van der Waals surface area contributed by atoms with Gasteiger partial charge in [-0.25, -0.2) is 0 Å². The Morgan fingerprint density at radius 1 is 1.47 bits per heavy atom. The van der Waals surface area contributed by atoms with Gasteiger partial charge in [0, 0.05) is 25.1 Å². The lowest BCUT2D eigenvalue weighted by molar-refractivity contribution is -0.138. The first-order valence-corrected chi connectivity index (χ1v) is 5.31. The number of carboxylic acid groups (broad SMARTS) is 1. The fourth-order valence-corrected chi connectivity index (χ4v) is 1.36. The van der Waals surface area contributed by atoms with Crippen LogP contribution in [0.15, 0.2) is 0 Å². The van der Waals surface area contributed by atoms with Crippen molar-refractivity contribution in [1.82, 2.24) is 5.32 Å². The third kappa shape index (κ3) is 4.59. The molecule has 1 unspecified atom stereocenters. The molecule has 0 aliphatic heterocycles. The minimum Gasteiger partial charge on any atom is -0.480 e. The predicted molar refractivity (Wildman–Crippen MR) is 58.6 cm³/mol. The lowest BCUT2D eigenvalue weighted by Gasteiger charge is -2.29. The summed E-state index contributed by atoms with van der Waals surface area (Å²) in [5, 5.41) is 20.8. The van der Waals surface area contributed by atoms with Crippen molar-refractivity contribution in [2.75, 3.05) is 19.7 Å². The molecule has 0 radical (unpaired) electrons.